The molecule has 3 N–H and O–H groups in total. The molecule has 7 nitrogen and oxygen atoms in total. The Morgan fingerprint density at radius 3 is 2.64 bits per heavy atom. The Morgan fingerprint density at radius 1 is 1.25 bits per heavy atom. The number of carbonyl (C=O) groups excluding carboxylic acids is 1. The van der Waals surface area contributed by atoms with Crippen molar-refractivity contribution in [3.63, 3.8) is 0 Å². The molecule has 1 aromatic heterocycles. The fourth-order valence-electron chi connectivity index (χ4n) is 2.95. The van der Waals surface area contributed by atoms with Crippen LogP contribution in [0.25, 0.3) is 11.0 Å². The first-order valence-electron chi connectivity index (χ1n) is 9.55. The van der Waals surface area contributed by atoms with Crippen LogP contribution >= 0.6 is 24.0 Å². The number of hydrogen-bond donors (Lipinski definition) is 3. The number of para-hydroxylation sites is 2. The van der Waals surface area contributed by atoms with E-state index < -0.39 is 5.41 Å². The molecule has 0 bridgehead atoms. The first-order chi connectivity index (χ1) is 12.9. The van der Waals surface area contributed by atoms with Gasteiger partial charge in [0.25, 0.3) is 0 Å². The van der Waals surface area contributed by atoms with Gasteiger partial charge in [-0.15, -0.1) is 24.0 Å². The molecule has 8 heteroatoms. The second kappa shape index (κ2) is 11.2. The van der Waals surface area contributed by atoms with Gasteiger partial charge < -0.3 is 20.5 Å². The van der Waals surface area contributed by atoms with Gasteiger partial charge in [-0.2, -0.15) is 0 Å². The van der Waals surface area contributed by atoms with Gasteiger partial charge in [0.2, 0.25) is 5.91 Å². The van der Waals surface area contributed by atoms with E-state index in [1.54, 1.807) is 7.05 Å². The molecule has 0 atom stereocenters. The Bertz CT molecular complexity index is 799. The van der Waals surface area contributed by atoms with Crippen molar-refractivity contribution in [1.29, 1.82) is 0 Å². The quantitative estimate of drug-likeness (QED) is 0.225. The first kappa shape index (κ1) is 24.2. The van der Waals surface area contributed by atoms with Crippen LogP contribution in [-0.4, -0.2) is 48.1 Å². The third-order valence-corrected chi connectivity index (χ3v) is 4.51. The maximum Gasteiger partial charge on any atom is 0.227 e. The smallest absolute Gasteiger partial charge is 0.227 e. The Hall–Kier alpha value is -1.84. The molecule has 0 saturated carbocycles. The predicted molar refractivity (Wildman–Crippen MR) is 126 cm³/mol. The normalized spacial score (nSPS) is 11.8. The van der Waals surface area contributed by atoms with Crippen LogP contribution in [0.5, 0.6) is 0 Å². The number of imidazole rings is 1. The second-order valence-electron chi connectivity index (χ2n) is 7.24. The molecule has 0 fully saturated rings. The van der Waals surface area contributed by atoms with Crippen molar-refractivity contribution in [3.8, 4) is 0 Å². The van der Waals surface area contributed by atoms with Crippen LogP contribution in [0, 0.1) is 12.3 Å². The number of aryl methyl sites for hydroxylation is 2. The highest BCUT2D eigenvalue weighted by molar-refractivity contribution is 14.0. The van der Waals surface area contributed by atoms with Gasteiger partial charge in [-0.3, -0.25) is 9.79 Å². The van der Waals surface area contributed by atoms with Gasteiger partial charge in [0.1, 0.15) is 5.82 Å². The fourth-order valence-corrected chi connectivity index (χ4v) is 2.95. The Balaban J connectivity index is 0.00000392. The lowest BCUT2D eigenvalue weighted by molar-refractivity contribution is -0.128. The minimum Gasteiger partial charge on any atom is -0.359 e. The van der Waals surface area contributed by atoms with E-state index in [0.29, 0.717) is 6.54 Å². The zero-order valence-electron chi connectivity index (χ0n) is 17.5. The van der Waals surface area contributed by atoms with Crippen LogP contribution in [0.4, 0.5) is 0 Å². The Kier molecular flexibility index (Phi) is 9.71. The van der Waals surface area contributed by atoms with Crippen molar-refractivity contribution in [2.75, 3.05) is 26.7 Å². The molecule has 0 aliphatic rings. The summed E-state index contributed by atoms with van der Waals surface area (Å²) in [6, 6.07) is 8.21. The number of guanidine groups is 1. The van der Waals surface area contributed by atoms with E-state index >= 15 is 0 Å². The molecule has 1 aromatic carbocycles. The highest BCUT2D eigenvalue weighted by atomic mass is 127. The Labute approximate surface area is 184 Å². The molecule has 0 unspecified atom stereocenters. The number of carbonyl (C=O) groups is 1. The summed E-state index contributed by atoms with van der Waals surface area (Å²) in [5.74, 6) is 1.76. The number of nitrogens with one attached hydrogen (secondary N) is 3. The van der Waals surface area contributed by atoms with E-state index in [0.717, 1.165) is 43.4 Å². The predicted octanol–water partition coefficient (Wildman–Crippen LogP) is 2.68. The van der Waals surface area contributed by atoms with Crippen LogP contribution in [0.3, 0.4) is 0 Å². The highest BCUT2D eigenvalue weighted by Crippen LogP contribution is 2.16. The summed E-state index contributed by atoms with van der Waals surface area (Å²) in [6.45, 7) is 10.7. The van der Waals surface area contributed by atoms with Gasteiger partial charge in [-0.05, 0) is 46.2 Å². The molecule has 1 heterocycles. The van der Waals surface area contributed by atoms with E-state index in [9.17, 15) is 4.79 Å². The van der Waals surface area contributed by atoms with Crippen molar-refractivity contribution in [1.82, 2.24) is 25.5 Å². The first-order valence-corrected chi connectivity index (χ1v) is 9.55. The highest BCUT2D eigenvalue weighted by Gasteiger charge is 2.26. The van der Waals surface area contributed by atoms with Crippen LogP contribution in [-0.2, 0) is 11.3 Å². The van der Waals surface area contributed by atoms with Crippen LogP contribution in [0.2, 0.25) is 0 Å². The minimum atomic E-state index is -0.538. The van der Waals surface area contributed by atoms with Gasteiger partial charge >= 0.3 is 0 Å². The van der Waals surface area contributed by atoms with Gasteiger partial charge in [-0.25, -0.2) is 4.98 Å². The van der Waals surface area contributed by atoms with E-state index in [-0.39, 0.29) is 29.9 Å². The number of benzene rings is 1. The van der Waals surface area contributed by atoms with Crippen molar-refractivity contribution in [2.45, 2.75) is 40.7 Å². The molecule has 156 valence electrons. The number of rotatable bonds is 8. The SMILES string of the molecule is CCNC(=NCC(C)(C)C(=O)NC)NCCCn1c(C)nc2ccccc21.I. The summed E-state index contributed by atoms with van der Waals surface area (Å²) in [7, 11) is 1.65. The third kappa shape index (κ3) is 6.35. The summed E-state index contributed by atoms with van der Waals surface area (Å²) in [5, 5.41) is 9.28. The lowest BCUT2D eigenvalue weighted by Gasteiger charge is -2.21. The fraction of sp³-hybridized carbons (Fsp3) is 0.550. The van der Waals surface area contributed by atoms with Gasteiger partial charge in [-0.1, -0.05) is 12.1 Å². The lowest BCUT2D eigenvalue weighted by atomic mass is 9.93. The standard InChI is InChI=1S/C20H32N6O.HI/c1-6-22-19(24-14-20(3,4)18(27)21-5)23-12-9-13-26-15(2)25-16-10-7-8-11-17(16)26;/h7-8,10-11H,6,9,12-14H2,1-5H3,(H,21,27)(H2,22,23,24);1H. The number of aromatic nitrogens is 2. The maximum atomic E-state index is 11.9. The summed E-state index contributed by atoms with van der Waals surface area (Å²) in [5.41, 5.74) is 1.67. The van der Waals surface area contributed by atoms with Gasteiger partial charge in [0, 0.05) is 26.7 Å². The monoisotopic (exact) mass is 500 g/mol. The lowest BCUT2D eigenvalue weighted by Crippen LogP contribution is -2.41. The summed E-state index contributed by atoms with van der Waals surface area (Å²) in [6.07, 6.45) is 0.949. The van der Waals surface area contributed by atoms with E-state index in [1.807, 2.05) is 45.9 Å². The molecule has 0 aliphatic carbocycles. The zero-order chi connectivity index (χ0) is 19.9. The van der Waals surface area contributed by atoms with Gasteiger partial charge in [0.15, 0.2) is 5.96 Å². The maximum absolute atomic E-state index is 11.9. The molecular weight excluding hydrogens is 467 g/mol. The van der Waals surface area contributed by atoms with Crippen LogP contribution in [0.15, 0.2) is 29.3 Å². The Morgan fingerprint density at radius 2 is 1.96 bits per heavy atom. The molecule has 0 saturated heterocycles. The zero-order valence-corrected chi connectivity index (χ0v) is 19.8. The topological polar surface area (TPSA) is 83.3 Å². The molecule has 0 spiro atoms. The van der Waals surface area contributed by atoms with E-state index in [1.165, 1.54) is 5.52 Å². The second-order valence-corrected chi connectivity index (χ2v) is 7.24. The van der Waals surface area contributed by atoms with E-state index in [2.05, 4.69) is 36.6 Å². The number of halogens is 1. The van der Waals surface area contributed by atoms with Crippen molar-refractivity contribution in [3.05, 3.63) is 30.1 Å². The number of fused-ring (bicyclic) bond motifs is 1. The number of amides is 1. The van der Waals surface area contributed by atoms with Crippen molar-refractivity contribution >= 4 is 46.9 Å². The average molecular weight is 500 g/mol. The molecule has 0 radical (unpaired) electrons. The number of hydrogen-bond acceptors (Lipinski definition) is 3. The molecule has 1 amide bonds. The van der Waals surface area contributed by atoms with Crippen LogP contribution < -0.4 is 16.0 Å². The third-order valence-electron chi connectivity index (χ3n) is 4.51. The molecule has 0 aliphatic heterocycles. The van der Waals surface area contributed by atoms with Crippen LogP contribution in [0.1, 0.15) is 33.0 Å². The summed E-state index contributed by atoms with van der Waals surface area (Å²) in [4.78, 5) is 21.1. The van der Waals surface area contributed by atoms with Crippen molar-refractivity contribution in [2.24, 2.45) is 10.4 Å². The average Bonchev–Trinajstić information content (AvgIpc) is 2.97. The summed E-state index contributed by atoms with van der Waals surface area (Å²) < 4.78 is 2.25. The summed E-state index contributed by atoms with van der Waals surface area (Å²) >= 11 is 0. The van der Waals surface area contributed by atoms with Crippen molar-refractivity contribution < 1.29 is 4.79 Å². The van der Waals surface area contributed by atoms with E-state index in [4.69, 9.17) is 0 Å². The minimum absolute atomic E-state index is 0. The van der Waals surface area contributed by atoms with Gasteiger partial charge in [0.05, 0.1) is 23.0 Å². The largest absolute Gasteiger partial charge is 0.359 e. The number of nitrogens with zero attached hydrogens (tertiary/aromatic N) is 3. The number of aliphatic imine (C=N–C) groups is 1. The molecule has 2 aromatic rings. The molecule has 2 rings (SSSR count). The molecular formula is C20H33IN6O. The molecule has 28 heavy (non-hydrogen) atoms.